The van der Waals surface area contributed by atoms with Crippen LogP contribution in [0, 0.1) is 0 Å². The van der Waals surface area contributed by atoms with E-state index in [9.17, 15) is 14.4 Å². The molecule has 0 saturated carbocycles. The molecule has 0 radical (unpaired) electrons. The number of amides is 2. The summed E-state index contributed by atoms with van der Waals surface area (Å²) in [7, 11) is 0. The Hall–Kier alpha value is -2.34. The lowest BCUT2D eigenvalue weighted by Crippen LogP contribution is -2.46. The maximum atomic E-state index is 11.6. The van der Waals surface area contributed by atoms with Gasteiger partial charge in [0.1, 0.15) is 6.04 Å². The van der Waals surface area contributed by atoms with Crippen molar-refractivity contribution in [2.75, 3.05) is 13.2 Å². The van der Waals surface area contributed by atoms with Crippen LogP contribution in [0.25, 0.3) is 6.08 Å². The maximum absolute atomic E-state index is 11.6. The molecule has 1 aromatic carbocycles. The third-order valence-corrected chi connectivity index (χ3v) is 3.00. The Morgan fingerprint density at radius 2 is 1.91 bits per heavy atom. The van der Waals surface area contributed by atoms with Gasteiger partial charge < -0.3 is 15.4 Å². The number of carbonyl (C=O) groups is 3. The summed E-state index contributed by atoms with van der Waals surface area (Å²) in [5, 5.41) is 5.61. The highest BCUT2D eigenvalue weighted by Gasteiger charge is 2.15. The number of carbonyl (C=O) groups excluding carboxylic acids is 3. The van der Waals surface area contributed by atoms with E-state index in [2.05, 4.69) is 10.6 Å². The number of hydrogen-bond donors (Lipinski definition) is 2. The van der Waals surface area contributed by atoms with Crippen molar-refractivity contribution in [3.63, 3.8) is 0 Å². The molecule has 2 amide bonds. The van der Waals surface area contributed by atoms with Gasteiger partial charge in [0.25, 0.3) is 5.91 Å². The molecule has 0 aromatic heterocycles. The molecule has 7 heteroatoms. The van der Waals surface area contributed by atoms with Crippen LogP contribution < -0.4 is 10.6 Å². The van der Waals surface area contributed by atoms with Gasteiger partial charge in [-0.25, -0.2) is 4.79 Å². The van der Waals surface area contributed by atoms with E-state index in [0.29, 0.717) is 11.6 Å². The molecule has 1 rings (SSSR count). The van der Waals surface area contributed by atoms with Gasteiger partial charge in [-0.15, -0.1) is 0 Å². The molecule has 0 saturated heterocycles. The number of benzene rings is 1. The molecule has 0 fully saturated rings. The van der Waals surface area contributed by atoms with Gasteiger partial charge in [-0.1, -0.05) is 23.7 Å². The van der Waals surface area contributed by atoms with Gasteiger partial charge in [0, 0.05) is 17.6 Å². The van der Waals surface area contributed by atoms with Crippen molar-refractivity contribution in [2.45, 2.75) is 19.9 Å². The predicted molar refractivity (Wildman–Crippen MR) is 87.7 cm³/mol. The highest BCUT2D eigenvalue weighted by atomic mass is 35.5. The van der Waals surface area contributed by atoms with Gasteiger partial charge in [0.05, 0.1) is 0 Å². The summed E-state index contributed by atoms with van der Waals surface area (Å²) in [4.78, 5) is 34.5. The maximum Gasteiger partial charge on any atom is 0.331 e. The van der Waals surface area contributed by atoms with Crippen LogP contribution in [0.15, 0.2) is 30.3 Å². The first-order valence-electron chi connectivity index (χ1n) is 7.10. The fraction of sp³-hybridized carbons (Fsp3) is 0.312. The molecule has 0 bridgehead atoms. The lowest BCUT2D eigenvalue weighted by Gasteiger charge is -2.12. The van der Waals surface area contributed by atoms with Crippen molar-refractivity contribution in [2.24, 2.45) is 0 Å². The zero-order valence-electron chi connectivity index (χ0n) is 13.0. The smallest absolute Gasteiger partial charge is 0.331 e. The summed E-state index contributed by atoms with van der Waals surface area (Å²) in [6.07, 6.45) is 2.76. The van der Waals surface area contributed by atoms with Crippen molar-refractivity contribution >= 4 is 35.5 Å². The van der Waals surface area contributed by atoms with Crippen LogP contribution >= 0.6 is 11.6 Å². The molecular formula is C16H19ClN2O4. The van der Waals surface area contributed by atoms with Gasteiger partial charge in [-0.05, 0) is 37.6 Å². The number of nitrogens with one attached hydrogen (secondary N) is 2. The minimum Gasteiger partial charge on any atom is -0.452 e. The van der Waals surface area contributed by atoms with Crippen LogP contribution in [0.5, 0.6) is 0 Å². The molecule has 1 atom stereocenters. The largest absolute Gasteiger partial charge is 0.452 e. The molecule has 2 N–H and O–H groups in total. The zero-order chi connectivity index (χ0) is 17.2. The quantitative estimate of drug-likeness (QED) is 0.583. The fourth-order valence-corrected chi connectivity index (χ4v) is 1.72. The third kappa shape index (κ3) is 7.46. The minimum atomic E-state index is -0.689. The Morgan fingerprint density at radius 3 is 2.52 bits per heavy atom. The summed E-state index contributed by atoms with van der Waals surface area (Å²) in [6, 6.07) is 6.19. The second-order valence-electron chi connectivity index (χ2n) is 4.68. The summed E-state index contributed by atoms with van der Waals surface area (Å²) in [5.41, 5.74) is 0.778. The Labute approximate surface area is 139 Å². The molecule has 0 aliphatic heterocycles. The molecule has 0 aliphatic carbocycles. The van der Waals surface area contributed by atoms with Crippen LogP contribution in [0.4, 0.5) is 0 Å². The number of esters is 1. The van der Waals surface area contributed by atoms with Crippen molar-refractivity contribution in [1.29, 1.82) is 0 Å². The molecule has 1 aromatic rings. The molecule has 0 unspecified atom stereocenters. The second kappa shape index (κ2) is 9.63. The number of ether oxygens (including phenoxy) is 1. The Balaban J connectivity index is 2.36. The minimum absolute atomic E-state index is 0.296. The Morgan fingerprint density at radius 1 is 1.26 bits per heavy atom. The monoisotopic (exact) mass is 338 g/mol. The summed E-state index contributed by atoms with van der Waals surface area (Å²) in [5.74, 6) is -1.49. The standard InChI is InChI=1S/C16H19ClN2O4/c1-3-18-16(22)11(2)19-14(20)10-23-15(21)9-6-12-4-7-13(17)8-5-12/h4-9,11H,3,10H2,1-2H3,(H,18,22)(H,19,20)/b9-6+/t11-/m1/s1. The highest BCUT2D eigenvalue weighted by molar-refractivity contribution is 6.30. The number of likely N-dealkylation sites (N-methyl/N-ethyl adjacent to an activating group) is 1. The van der Waals surface area contributed by atoms with Crippen LogP contribution in [0.2, 0.25) is 5.02 Å². The van der Waals surface area contributed by atoms with Crippen LogP contribution in [0.1, 0.15) is 19.4 Å². The zero-order valence-corrected chi connectivity index (χ0v) is 13.7. The van der Waals surface area contributed by atoms with E-state index in [1.54, 1.807) is 44.2 Å². The van der Waals surface area contributed by atoms with E-state index in [-0.39, 0.29) is 5.91 Å². The normalized spacial score (nSPS) is 11.8. The van der Waals surface area contributed by atoms with Crippen LogP contribution in [0.3, 0.4) is 0 Å². The molecule has 23 heavy (non-hydrogen) atoms. The fourth-order valence-electron chi connectivity index (χ4n) is 1.60. The van der Waals surface area contributed by atoms with E-state index in [1.165, 1.54) is 6.08 Å². The summed E-state index contributed by atoms with van der Waals surface area (Å²) >= 11 is 5.75. The van der Waals surface area contributed by atoms with E-state index in [1.807, 2.05) is 0 Å². The van der Waals surface area contributed by atoms with Crippen LogP contribution in [-0.2, 0) is 19.1 Å². The lowest BCUT2D eigenvalue weighted by atomic mass is 10.2. The molecule has 0 heterocycles. The third-order valence-electron chi connectivity index (χ3n) is 2.75. The van der Waals surface area contributed by atoms with E-state index in [4.69, 9.17) is 16.3 Å². The SMILES string of the molecule is CCNC(=O)[C@@H](C)NC(=O)COC(=O)/C=C/c1ccc(Cl)cc1. The molecule has 124 valence electrons. The summed E-state index contributed by atoms with van der Waals surface area (Å²) in [6.45, 7) is 3.35. The first-order valence-corrected chi connectivity index (χ1v) is 7.47. The summed E-state index contributed by atoms with van der Waals surface area (Å²) < 4.78 is 4.79. The average Bonchev–Trinajstić information content (AvgIpc) is 2.52. The van der Waals surface area contributed by atoms with Crippen LogP contribution in [-0.4, -0.2) is 37.0 Å². The molecule has 0 spiro atoms. The van der Waals surface area contributed by atoms with E-state index in [0.717, 1.165) is 5.56 Å². The van der Waals surface area contributed by atoms with Gasteiger partial charge >= 0.3 is 5.97 Å². The predicted octanol–water partition coefficient (Wildman–Crippen LogP) is 1.54. The van der Waals surface area contributed by atoms with Crippen molar-refractivity contribution in [3.05, 3.63) is 40.9 Å². The van der Waals surface area contributed by atoms with Crippen molar-refractivity contribution < 1.29 is 19.1 Å². The lowest BCUT2D eigenvalue weighted by molar-refractivity contribution is -0.144. The average molecular weight is 339 g/mol. The molecule has 0 aliphatic rings. The number of rotatable bonds is 7. The van der Waals surface area contributed by atoms with E-state index >= 15 is 0 Å². The van der Waals surface area contributed by atoms with Gasteiger partial charge in [-0.2, -0.15) is 0 Å². The highest BCUT2D eigenvalue weighted by Crippen LogP contribution is 2.10. The van der Waals surface area contributed by atoms with Crippen molar-refractivity contribution in [3.8, 4) is 0 Å². The van der Waals surface area contributed by atoms with Crippen molar-refractivity contribution in [1.82, 2.24) is 10.6 Å². The number of halogens is 1. The molecule has 6 nitrogen and oxygen atoms in total. The van der Waals surface area contributed by atoms with Gasteiger partial charge in [0.2, 0.25) is 5.91 Å². The topological polar surface area (TPSA) is 84.5 Å². The first-order chi connectivity index (χ1) is 10.9. The number of hydrogen-bond acceptors (Lipinski definition) is 4. The molecular weight excluding hydrogens is 320 g/mol. The second-order valence-corrected chi connectivity index (χ2v) is 5.11. The van der Waals surface area contributed by atoms with E-state index < -0.39 is 24.5 Å². The Kier molecular flexibility index (Phi) is 7.83. The van der Waals surface area contributed by atoms with Gasteiger partial charge in [-0.3, -0.25) is 9.59 Å². The first kappa shape index (κ1) is 18.7. The Bertz CT molecular complexity index is 584. The van der Waals surface area contributed by atoms with Gasteiger partial charge in [0.15, 0.2) is 6.61 Å².